The van der Waals surface area contributed by atoms with Crippen molar-refractivity contribution in [3.63, 3.8) is 0 Å². The van der Waals surface area contributed by atoms with Crippen molar-refractivity contribution in [3.05, 3.63) is 52.0 Å². The Hall–Kier alpha value is -2.02. The van der Waals surface area contributed by atoms with Gasteiger partial charge in [-0.1, -0.05) is 23.2 Å². The summed E-state index contributed by atoms with van der Waals surface area (Å²) in [5, 5.41) is 6.73. The molecule has 0 aliphatic carbocycles. The number of ether oxygens (including phenoxy) is 1. The fourth-order valence-corrected chi connectivity index (χ4v) is 3.42. The lowest BCUT2D eigenvalue weighted by molar-refractivity contribution is -0.125. The predicted molar refractivity (Wildman–Crippen MR) is 126 cm³/mol. The Bertz CT molecular complexity index is 888. The van der Waals surface area contributed by atoms with Gasteiger partial charge in [-0.3, -0.25) is 10.1 Å². The van der Waals surface area contributed by atoms with Crippen LogP contribution in [0, 0.1) is 6.92 Å². The SMILES string of the molecule is CCN(CC)c1ccc(NC(=S)NC(=O)C(C)Oc2ccc(Cl)cc2Cl)c(C)c1. The predicted octanol–water partition coefficient (Wildman–Crippen LogP) is 5.43. The van der Waals surface area contributed by atoms with Crippen molar-refractivity contribution >= 4 is 57.8 Å². The number of carbonyl (C=O) groups excluding carboxylic acids is 1. The number of hydrogen-bond donors (Lipinski definition) is 2. The summed E-state index contributed by atoms with van der Waals surface area (Å²) in [6.07, 6.45) is -0.792. The van der Waals surface area contributed by atoms with Gasteiger partial charge in [0.05, 0.1) is 5.02 Å². The lowest BCUT2D eigenvalue weighted by Crippen LogP contribution is -2.42. The number of aryl methyl sites for hydroxylation is 1. The van der Waals surface area contributed by atoms with Crippen LogP contribution in [0.2, 0.25) is 10.0 Å². The van der Waals surface area contributed by atoms with Crippen molar-refractivity contribution in [2.24, 2.45) is 0 Å². The quantitative estimate of drug-likeness (QED) is 0.547. The van der Waals surface area contributed by atoms with Gasteiger partial charge in [0.15, 0.2) is 11.2 Å². The molecular weight excluding hydrogens is 429 g/mol. The Morgan fingerprint density at radius 3 is 2.45 bits per heavy atom. The maximum absolute atomic E-state index is 12.4. The van der Waals surface area contributed by atoms with Crippen molar-refractivity contribution in [2.45, 2.75) is 33.8 Å². The average molecular weight is 454 g/mol. The first kappa shape index (κ1) is 23.3. The van der Waals surface area contributed by atoms with Gasteiger partial charge in [0.25, 0.3) is 5.91 Å². The minimum Gasteiger partial charge on any atom is -0.479 e. The molecule has 0 saturated heterocycles. The van der Waals surface area contributed by atoms with Crippen LogP contribution in [0.3, 0.4) is 0 Å². The molecule has 2 N–H and O–H groups in total. The van der Waals surface area contributed by atoms with Crippen LogP contribution in [0.5, 0.6) is 5.75 Å². The van der Waals surface area contributed by atoms with E-state index in [9.17, 15) is 4.79 Å². The number of rotatable bonds is 7. The first-order valence-electron chi connectivity index (χ1n) is 9.34. The van der Waals surface area contributed by atoms with E-state index in [0.717, 1.165) is 30.0 Å². The fraction of sp³-hybridized carbons (Fsp3) is 0.333. The molecule has 0 aromatic heterocycles. The second-order valence-corrected chi connectivity index (χ2v) is 7.70. The second kappa shape index (κ2) is 10.7. The maximum Gasteiger partial charge on any atom is 0.266 e. The molecule has 0 spiro atoms. The van der Waals surface area contributed by atoms with Gasteiger partial charge in [0.1, 0.15) is 5.75 Å². The number of thiocarbonyl (C=S) groups is 1. The van der Waals surface area contributed by atoms with E-state index in [-0.39, 0.29) is 11.0 Å². The van der Waals surface area contributed by atoms with E-state index in [4.69, 9.17) is 40.2 Å². The van der Waals surface area contributed by atoms with Crippen LogP contribution >= 0.6 is 35.4 Å². The van der Waals surface area contributed by atoms with Gasteiger partial charge < -0.3 is 15.0 Å². The smallest absolute Gasteiger partial charge is 0.266 e. The zero-order valence-electron chi connectivity index (χ0n) is 16.9. The average Bonchev–Trinajstić information content (AvgIpc) is 2.67. The number of anilines is 2. The Morgan fingerprint density at radius 2 is 1.86 bits per heavy atom. The molecule has 5 nitrogen and oxygen atoms in total. The summed E-state index contributed by atoms with van der Waals surface area (Å²) in [7, 11) is 0. The molecule has 1 amide bonds. The number of carbonyl (C=O) groups is 1. The summed E-state index contributed by atoms with van der Waals surface area (Å²) in [5.74, 6) is -0.00800. The van der Waals surface area contributed by atoms with Gasteiger partial charge in [-0.05, 0) is 81.9 Å². The molecule has 0 aliphatic rings. The van der Waals surface area contributed by atoms with E-state index in [1.165, 1.54) is 0 Å². The van der Waals surface area contributed by atoms with Crippen LogP contribution in [-0.2, 0) is 4.79 Å². The maximum atomic E-state index is 12.4. The molecule has 0 saturated carbocycles. The molecule has 0 fully saturated rings. The fourth-order valence-electron chi connectivity index (χ4n) is 2.76. The standard InChI is InChI=1S/C21H25Cl2N3O2S/c1-5-26(6-2)16-8-9-18(13(3)11-16)24-21(29)25-20(27)14(4)28-19-10-7-15(22)12-17(19)23/h7-12,14H,5-6H2,1-4H3,(H2,24,25,27,29). The summed E-state index contributed by atoms with van der Waals surface area (Å²) >= 11 is 17.2. The van der Waals surface area contributed by atoms with Gasteiger partial charge in [0.2, 0.25) is 0 Å². The van der Waals surface area contributed by atoms with Crippen LogP contribution in [0.25, 0.3) is 0 Å². The van der Waals surface area contributed by atoms with Crippen molar-refractivity contribution in [3.8, 4) is 5.75 Å². The summed E-state index contributed by atoms with van der Waals surface area (Å²) in [4.78, 5) is 14.7. The Kier molecular flexibility index (Phi) is 8.56. The van der Waals surface area contributed by atoms with Crippen LogP contribution in [-0.4, -0.2) is 30.2 Å². The number of nitrogens with zero attached hydrogens (tertiary/aromatic N) is 1. The first-order valence-corrected chi connectivity index (χ1v) is 10.5. The van der Waals surface area contributed by atoms with E-state index >= 15 is 0 Å². The molecule has 0 heterocycles. The molecule has 0 radical (unpaired) electrons. The molecule has 1 unspecified atom stereocenters. The minimum atomic E-state index is -0.792. The lowest BCUT2D eigenvalue weighted by Gasteiger charge is -2.22. The van der Waals surface area contributed by atoms with Gasteiger partial charge in [-0.2, -0.15) is 0 Å². The molecule has 29 heavy (non-hydrogen) atoms. The molecule has 0 aliphatic heterocycles. The zero-order valence-corrected chi connectivity index (χ0v) is 19.2. The highest BCUT2D eigenvalue weighted by atomic mass is 35.5. The lowest BCUT2D eigenvalue weighted by atomic mass is 10.1. The Labute approximate surface area is 187 Å². The molecule has 1 atom stereocenters. The number of nitrogens with one attached hydrogen (secondary N) is 2. The van der Waals surface area contributed by atoms with E-state index < -0.39 is 6.10 Å². The molecule has 2 rings (SSSR count). The van der Waals surface area contributed by atoms with Crippen LogP contribution in [0.4, 0.5) is 11.4 Å². The van der Waals surface area contributed by atoms with Gasteiger partial charge >= 0.3 is 0 Å². The Balaban J connectivity index is 1.96. The number of benzene rings is 2. The highest BCUT2D eigenvalue weighted by molar-refractivity contribution is 7.80. The third kappa shape index (κ3) is 6.49. The van der Waals surface area contributed by atoms with E-state index in [0.29, 0.717) is 15.8 Å². The van der Waals surface area contributed by atoms with Crippen molar-refractivity contribution in [2.75, 3.05) is 23.3 Å². The molecule has 2 aromatic carbocycles. The largest absolute Gasteiger partial charge is 0.479 e. The van der Waals surface area contributed by atoms with Gasteiger partial charge in [-0.25, -0.2) is 0 Å². The molecule has 8 heteroatoms. The summed E-state index contributed by atoms with van der Waals surface area (Å²) in [5.41, 5.74) is 3.01. The topological polar surface area (TPSA) is 53.6 Å². The van der Waals surface area contributed by atoms with Crippen LogP contribution in [0.15, 0.2) is 36.4 Å². The molecular formula is C21H25Cl2N3O2S. The number of halogens is 2. The highest BCUT2D eigenvalue weighted by Gasteiger charge is 2.18. The third-order valence-electron chi connectivity index (χ3n) is 4.39. The summed E-state index contributed by atoms with van der Waals surface area (Å²) in [6, 6.07) is 10.9. The zero-order chi connectivity index (χ0) is 21.6. The monoisotopic (exact) mass is 453 g/mol. The van der Waals surface area contributed by atoms with E-state index in [1.54, 1.807) is 25.1 Å². The Morgan fingerprint density at radius 1 is 1.17 bits per heavy atom. The molecule has 0 bridgehead atoms. The number of hydrogen-bond acceptors (Lipinski definition) is 4. The minimum absolute atomic E-state index is 0.200. The molecule has 156 valence electrons. The van der Waals surface area contributed by atoms with Gasteiger partial charge in [0, 0.05) is 29.5 Å². The second-order valence-electron chi connectivity index (χ2n) is 6.45. The van der Waals surface area contributed by atoms with E-state index in [1.807, 2.05) is 19.1 Å². The molecule has 2 aromatic rings. The highest BCUT2D eigenvalue weighted by Crippen LogP contribution is 2.28. The number of amides is 1. The van der Waals surface area contributed by atoms with Crippen LogP contribution in [0.1, 0.15) is 26.3 Å². The van der Waals surface area contributed by atoms with Crippen molar-refractivity contribution in [1.29, 1.82) is 0 Å². The van der Waals surface area contributed by atoms with E-state index in [2.05, 4.69) is 35.4 Å². The van der Waals surface area contributed by atoms with Crippen molar-refractivity contribution in [1.82, 2.24) is 5.32 Å². The summed E-state index contributed by atoms with van der Waals surface area (Å²) in [6.45, 7) is 9.73. The summed E-state index contributed by atoms with van der Waals surface area (Å²) < 4.78 is 5.61. The first-order chi connectivity index (χ1) is 13.7. The van der Waals surface area contributed by atoms with Crippen LogP contribution < -0.4 is 20.3 Å². The van der Waals surface area contributed by atoms with Gasteiger partial charge in [-0.15, -0.1) is 0 Å². The normalized spacial score (nSPS) is 11.5. The third-order valence-corrected chi connectivity index (χ3v) is 5.12. The van der Waals surface area contributed by atoms with Crippen molar-refractivity contribution < 1.29 is 9.53 Å².